The van der Waals surface area contributed by atoms with E-state index in [0.717, 1.165) is 19.0 Å². The average molecular weight is 198 g/mol. The zero-order valence-corrected chi connectivity index (χ0v) is 9.81. The van der Waals surface area contributed by atoms with Gasteiger partial charge in [-0.3, -0.25) is 0 Å². The van der Waals surface area contributed by atoms with Crippen molar-refractivity contribution in [1.82, 2.24) is 5.32 Å². The molecule has 2 nitrogen and oxygen atoms in total. The van der Waals surface area contributed by atoms with Crippen molar-refractivity contribution in [3.05, 3.63) is 0 Å². The highest BCUT2D eigenvalue weighted by molar-refractivity contribution is 4.90. The van der Waals surface area contributed by atoms with Crippen molar-refractivity contribution in [2.24, 2.45) is 17.1 Å². The van der Waals surface area contributed by atoms with E-state index in [2.05, 4.69) is 19.2 Å². The van der Waals surface area contributed by atoms with Crippen LogP contribution in [0.15, 0.2) is 0 Å². The summed E-state index contributed by atoms with van der Waals surface area (Å²) in [5.41, 5.74) is 6.27. The van der Waals surface area contributed by atoms with E-state index in [-0.39, 0.29) is 0 Å². The number of rotatable bonds is 7. The Balaban J connectivity index is 2.13. The van der Waals surface area contributed by atoms with Crippen LogP contribution in [0.25, 0.3) is 0 Å². The first-order chi connectivity index (χ1) is 6.76. The van der Waals surface area contributed by atoms with E-state index in [0.29, 0.717) is 5.41 Å². The van der Waals surface area contributed by atoms with Gasteiger partial charge in [-0.25, -0.2) is 0 Å². The minimum Gasteiger partial charge on any atom is -0.330 e. The standard InChI is InChI=1S/C12H26N2/c1-3-11(4-2)8-14-10-12(9-13)6-5-7-12/h11,14H,3-10,13H2,1-2H3. The minimum atomic E-state index is 0.464. The lowest BCUT2D eigenvalue weighted by Gasteiger charge is -2.41. The van der Waals surface area contributed by atoms with Crippen LogP contribution in [0.4, 0.5) is 0 Å². The summed E-state index contributed by atoms with van der Waals surface area (Å²) in [5, 5.41) is 3.60. The van der Waals surface area contributed by atoms with E-state index in [4.69, 9.17) is 5.73 Å². The molecule has 2 heteroatoms. The van der Waals surface area contributed by atoms with Crippen molar-refractivity contribution in [3.8, 4) is 0 Å². The summed E-state index contributed by atoms with van der Waals surface area (Å²) < 4.78 is 0. The molecule has 0 atom stereocenters. The van der Waals surface area contributed by atoms with Crippen LogP contribution in [0.3, 0.4) is 0 Å². The van der Waals surface area contributed by atoms with Gasteiger partial charge in [-0.15, -0.1) is 0 Å². The highest BCUT2D eigenvalue weighted by Gasteiger charge is 2.34. The van der Waals surface area contributed by atoms with Gasteiger partial charge in [0, 0.05) is 6.54 Å². The van der Waals surface area contributed by atoms with Gasteiger partial charge in [-0.05, 0) is 37.3 Å². The Morgan fingerprint density at radius 1 is 1.29 bits per heavy atom. The number of nitrogens with one attached hydrogen (secondary N) is 1. The lowest BCUT2D eigenvalue weighted by Crippen LogP contribution is -2.46. The molecule has 0 unspecified atom stereocenters. The highest BCUT2D eigenvalue weighted by atomic mass is 14.9. The summed E-state index contributed by atoms with van der Waals surface area (Å²) in [4.78, 5) is 0. The van der Waals surface area contributed by atoms with Crippen LogP contribution in [-0.2, 0) is 0 Å². The number of nitrogens with two attached hydrogens (primary N) is 1. The van der Waals surface area contributed by atoms with Gasteiger partial charge in [0.2, 0.25) is 0 Å². The Labute approximate surface area is 88.6 Å². The lowest BCUT2D eigenvalue weighted by molar-refractivity contribution is 0.139. The van der Waals surface area contributed by atoms with E-state index < -0.39 is 0 Å². The molecule has 0 amide bonds. The summed E-state index contributed by atoms with van der Waals surface area (Å²) in [6, 6.07) is 0. The summed E-state index contributed by atoms with van der Waals surface area (Å²) in [6.07, 6.45) is 6.63. The largest absolute Gasteiger partial charge is 0.330 e. The molecule has 3 N–H and O–H groups in total. The van der Waals surface area contributed by atoms with Crippen molar-refractivity contribution in [3.63, 3.8) is 0 Å². The van der Waals surface area contributed by atoms with Crippen molar-refractivity contribution < 1.29 is 0 Å². The second kappa shape index (κ2) is 5.72. The van der Waals surface area contributed by atoms with Gasteiger partial charge in [-0.1, -0.05) is 33.1 Å². The second-order valence-corrected chi connectivity index (χ2v) is 4.87. The molecule has 0 aliphatic heterocycles. The monoisotopic (exact) mass is 198 g/mol. The fourth-order valence-corrected chi connectivity index (χ4v) is 2.25. The van der Waals surface area contributed by atoms with Gasteiger partial charge in [0.05, 0.1) is 0 Å². The van der Waals surface area contributed by atoms with Crippen molar-refractivity contribution in [2.75, 3.05) is 19.6 Å². The summed E-state index contributed by atoms with van der Waals surface area (Å²) in [5.74, 6) is 0.852. The second-order valence-electron chi connectivity index (χ2n) is 4.87. The molecule has 1 aliphatic rings. The SMILES string of the molecule is CCC(CC)CNCC1(CN)CCC1. The first kappa shape index (κ1) is 12.0. The van der Waals surface area contributed by atoms with Crippen LogP contribution in [0.2, 0.25) is 0 Å². The zero-order chi connectivity index (χ0) is 10.4. The van der Waals surface area contributed by atoms with Gasteiger partial charge in [0.25, 0.3) is 0 Å². The van der Waals surface area contributed by atoms with Crippen LogP contribution < -0.4 is 11.1 Å². The molecule has 0 bridgehead atoms. The van der Waals surface area contributed by atoms with Crippen molar-refractivity contribution >= 4 is 0 Å². The molecular weight excluding hydrogens is 172 g/mol. The van der Waals surface area contributed by atoms with Gasteiger partial charge in [0.1, 0.15) is 0 Å². The minimum absolute atomic E-state index is 0.464. The first-order valence-electron chi connectivity index (χ1n) is 6.17. The predicted octanol–water partition coefficient (Wildman–Crippen LogP) is 2.14. The molecule has 1 rings (SSSR count). The van der Waals surface area contributed by atoms with Crippen LogP contribution in [0, 0.1) is 11.3 Å². The molecule has 1 saturated carbocycles. The third-order valence-corrected chi connectivity index (χ3v) is 3.93. The maximum Gasteiger partial charge on any atom is 0.00200 e. The third-order valence-electron chi connectivity index (χ3n) is 3.93. The molecule has 0 aromatic carbocycles. The van der Waals surface area contributed by atoms with Crippen LogP contribution in [0.5, 0.6) is 0 Å². The first-order valence-corrected chi connectivity index (χ1v) is 6.17. The van der Waals surface area contributed by atoms with Gasteiger partial charge < -0.3 is 11.1 Å². The van der Waals surface area contributed by atoms with E-state index in [1.54, 1.807) is 0 Å². The van der Waals surface area contributed by atoms with E-state index >= 15 is 0 Å². The van der Waals surface area contributed by atoms with Gasteiger partial charge in [-0.2, -0.15) is 0 Å². The van der Waals surface area contributed by atoms with E-state index in [9.17, 15) is 0 Å². The molecule has 0 spiro atoms. The van der Waals surface area contributed by atoms with Crippen LogP contribution >= 0.6 is 0 Å². The fraction of sp³-hybridized carbons (Fsp3) is 1.00. The smallest absolute Gasteiger partial charge is 0.00200 e. The predicted molar refractivity (Wildman–Crippen MR) is 62.3 cm³/mol. The normalized spacial score (nSPS) is 19.7. The van der Waals surface area contributed by atoms with E-state index in [1.165, 1.54) is 38.6 Å². The molecule has 0 aromatic rings. The van der Waals surface area contributed by atoms with Crippen LogP contribution in [0.1, 0.15) is 46.0 Å². The summed E-state index contributed by atoms with van der Waals surface area (Å²) >= 11 is 0. The number of hydrogen-bond acceptors (Lipinski definition) is 2. The lowest BCUT2D eigenvalue weighted by atomic mass is 9.69. The maximum atomic E-state index is 5.81. The Kier molecular flexibility index (Phi) is 4.90. The van der Waals surface area contributed by atoms with Crippen LogP contribution in [-0.4, -0.2) is 19.6 Å². The summed E-state index contributed by atoms with van der Waals surface area (Å²) in [6.45, 7) is 7.73. The molecular formula is C12H26N2. The number of hydrogen-bond donors (Lipinski definition) is 2. The Morgan fingerprint density at radius 2 is 1.93 bits per heavy atom. The molecule has 0 radical (unpaired) electrons. The maximum absolute atomic E-state index is 5.81. The molecule has 0 aromatic heterocycles. The fourth-order valence-electron chi connectivity index (χ4n) is 2.25. The molecule has 1 aliphatic carbocycles. The highest BCUT2D eigenvalue weighted by Crippen LogP contribution is 2.39. The molecule has 0 heterocycles. The topological polar surface area (TPSA) is 38.0 Å². The third kappa shape index (κ3) is 2.96. The van der Waals surface area contributed by atoms with Gasteiger partial charge >= 0.3 is 0 Å². The molecule has 1 fully saturated rings. The Hall–Kier alpha value is -0.0800. The Morgan fingerprint density at radius 3 is 2.29 bits per heavy atom. The van der Waals surface area contributed by atoms with Crippen molar-refractivity contribution in [1.29, 1.82) is 0 Å². The van der Waals surface area contributed by atoms with Gasteiger partial charge in [0.15, 0.2) is 0 Å². The van der Waals surface area contributed by atoms with Crippen molar-refractivity contribution in [2.45, 2.75) is 46.0 Å². The van der Waals surface area contributed by atoms with E-state index in [1.807, 2.05) is 0 Å². The quantitative estimate of drug-likeness (QED) is 0.658. The summed E-state index contributed by atoms with van der Waals surface area (Å²) in [7, 11) is 0. The molecule has 14 heavy (non-hydrogen) atoms. The molecule has 0 saturated heterocycles. The molecule has 84 valence electrons. The zero-order valence-electron chi connectivity index (χ0n) is 9.81. The Bertz CT molecular complexity index is 143. The average Bonchev–Trinajstić information content (AvgIpc) is 2.16.